The van der Waals surface area contributed by atoms with Gasteiger partial charge >= 0.3 is 5.97 Å². The molecule has 3 aliphatic rings. The van der Waals surface area contributed by atoms with Gasteiger partial charge in [0.25, 0.3) is 0 Å². The molecule has 0 bridgehead atoms. The highest BCUT2D eigenvalue weighted by Crippen LogP contribution is 2.41. The highest BCUT2D eigenvalue weighted by atomic mass is 16.5. The first-order valence-electron chi connectivity index (χ1n) is 18.8. The van der Waals surface area contributed by atoms with Gasteiger partial charge in [0, 0.05) is 5.57 Å². The maximum absolute atomic E-state index is 11.5. The normalized spacial score (nSPS) is 24.4. The Morgan fingerprint density at radius 1 is 0.864 bits per heavy atom. The van der Waals surface area contributed by atoms with Gasteiger partial charge in [-0.1, -0.05) is 109 Å². The predicted octanol–water partition coefficient (Wildman–Crippen LogP) is 12.7. The van der Waals surface area contributed by atoms with Crippen LogP contribution in [0.25, 0.3) is 0 Å². The lowest BCUT2D eigenvalue weighted by molar-refractivity contribution is -0.139. The van der Waals surface area contributed by atoms with E-state index in [-0.39, 0.29) is 5.97 Å². The van der Waals surface area contributed by atoms with Crippen LogP contribution in [0, 0.1) is 35.5 Å². The van der Waals surface area contributed by atoms with Crippen LogP contribution in [0.2, 0.25) is 0 Å². The Kier molecular flexibility index (Phi) is 16.3. The lowest BCUT2D eigenvalue weighted by Gasteiger charge is -2.37. The first kappa shape index (κ1) is 36.6. The lowest BCUT2D eigenvalue weighted by Crippen LogP contribution is -2.26. The average Bonchev–Trinajstić information content (AvgIpc) is 3.02. The summed E-state index contributed by atoms with van der Waals surface area (Å²) in [4.78, 5) is 11.5. The van der Waals surface area contributed by atoms with Crippen LogP contribution in [0.15, 0.2) is 58.7 Å². The fourth-order valence-corrected chi connectivity index (χ4v) is 7.89. The molecule has 0 radical (unpaired) electrons. The van der Waals surface area contributed by atoms with Crippen LogP contribution in [0.3, 0.4) is 0 Å². The van der Waals surface area contributed by atoms with E-state index in [2.05, 4.69) is 65.5 Å². The van der Waals surface area contributed by atoms with Crippen molar-refractivity contribution in [1.29, 1.82) is 0 Å². The van der Waals surface area contributed by atoms with E-state index in [0.29, 0.717) is 18.1 Å². The van der Waals surface area contributed by atoms with Crippen molar-refractivity contribution in [3.05, 3.63) is 58.7 Å². The largest absolute Gasteiger partial charge is 0.462 e. The summed E-state index contributed by atoms with van der Waals surface area (Å²) in [5, 5.41) is 0. The molecule has 0 aromatic carbocycles. The molecule has 0 amide bonds. The van der Waals surface area contributed by atoms with E-state index in [0.717, 1.165) is 42.4 Å². The number of hydrogen-bond acceptors (Lipinski definition) is 2. The highest BCUT2D eigenvalue weighted by Gasteiger charge is 2.30. The first-order valence-corrected chi connectivity index (χ1v) is 18.8. The molecule has 2 heteroatoms. The van der Waals surface area contributed by atoms with Crippen LogP contribution < -0.4 is 0 Å². The molecule has 0 aromatic rings. The number of carbonyl (C=O) groups is 1. The second kappa shape index (κ2) is 19.6. The summed E-state index contributed by atoms with van der Waals surface area (Å²) in [5.41, 5.74) is 7.06. The third kappa shape index (κ3) is 12.9. The molecule has 1 fully saturated rings. The molecule has 2 nitrogen and oxygen atoms in total. The summed E-state index contributed by atoms with van der Waals surface area (Å²) in [6, 6.07) is 0. The highest BCUT2D eigenvalue weighted by molar-refractivity contribution is 5.86. The summed E-state index contributed by atoms with van der Waals surface area (Å²) >= 11 is 0. The average molecular weight is 605 g/mol. The molecule has 6 atom stereocenters. The fourth-order valence-electron chi connectivity index (χ4n) is 7.89. The van der Waals surface area contributed by atoms with Gasteiger partial charge in [-0.2, -0.15) is 0 Å². The minimum absolute atomic E-state index is 0.256. The maximum Gasteiger partial charge on any atom is 0.333 e. The molecular weight excluding hydrogens is 536 g/mol. The molecule has 44 heavy (non-hydrogen) atoms. The Balaban J connectivity index is 1.31. The SMILES string of the molecule is C=C(C)C(=O)OCCCC(C)CCC(C)C(C)CC1CCC(CCC2=CC=C(C3=CC=C(CCCCC)CC3)CC2)CC1C. The number of ether oxygens (including phenoxy) is 1. The lowest BCUT2D eigenvalue weighted by atomic mass is 9.69. The van der Waals surface area contributed by atoms with Crippen LogP contribution in [0.5, 0.6) is 0 Å². The van der Waals surface area contributed by atoms with E-state index in [1.165, 1.54) is 103 Å². The van der Waals surface area contributed by atoms with Crippen molar-refractivity contribution in [2.45, 2.75) is 157 Å². The summed E-state index contributed by atoms with van der Waals surface area (Å²) in [7, 11) is 0. The molecule has 0 aromatic heterocycles. The molecule has 0 saturated heterocycles. The first-order chi connectivity index (χ1) is 21.2. The van der Waals surface area contributed by atoms with Crippen molar-refractivity contribution >= 4 is 5.97 Å². The molecule has 248 valence electrons. The summed E-state index contributed by atoms with van der Waals surface area (Å²) in [6.45, 7) is 18.1. The fraction of sp³-hybridized carbons (Fsp3) is 0.738. The maximum atomic E-state index is 11.5. The zero-order chi connectivity index (χ0) is 31.9. The Bertz CT molecular complexity index is 1020. The molecule has 3 rings (SSSR count). The van der Waals surface area contributed by atoms with Gasteiger partial charge in [0.15, 0.2) is 0 Å². The second-order valence-corrected chi connectivity index (χ2v) is 15.4. The number of esters is 1. The number of allylic oxidation sites excluding steroid dienone is 8. The Labute approximate surface area is 273 Å². The van der Waals surface area contributed by atoms with Gasteiger partial charge in [0.05, 0.1) is 6.61 Å². The Hall–Kier alpha value is -1.83. The molecular formula is C42H68O2. The number of carbonyl (C=O) groups excluding carboxylic acids is 1. The van der Waals surface area contributed by atoms with Crippen molar-refractivity contribution in [1.82, 2.24) is 0 Å². The van der Waals surface area contributed by atoms with Crippen molar-refractivity contribution in [3.63, 3.8) is 0 Å². The van der Waals surface area contributed by atoms with E-state index >= 15 is 0 Å². The van der Waals surface area contributed by atoms with Crippen LogP contribution in [0.4, 0.5) is 0 Å². The van der Waals surface area contributed by atoms with Crippen LogP contribution in [-0.4, -0.2) is 12.6 Å². The topological polar surface area (TPSA) is 26.3 Å². The van der Waals surface area contributed by atoms with E-state index in [9.17, 15) is 4.79 Å². The van der Waals surface area contributed by atoms with Crippen molar-refractivity contribution in [2.75, 3.05) is 6.61 Å². The standard InChI is InChI=1S/C42H68O2/c1-8-9-10-13-36-18-23-39(24-19-36)40-25-20-37(21-26-40)16-17-38-22-27-41(35(7)29-38)30-34(6)33(5)15-14-32(4)12-11-28-44-42(43)31(2)3/h18,20,23,25,32-35,38,41H,2,8-17,19,21-22,24,26-30H2,1,3-7H3. The Morgan fingerprint density at radius 2 is 1.55 bits per heavy atom. The van der Waals surface area contributed by atoms with Gasteiger partial charge in [-0.05, 0) is 137 Å². The number of hydrogen-bond donors (Lipinski definition) is 0. The van der Waals surface area contributed by atoms with Gasteiger partial charge in [-0.15, -0.1) is 0 Å². The second-order valence-electron chi connectivity index (χ2n) is 15.4. The third-order valence-corrected chi connectivity index (χ3v) is 11.5. The van der Waals surface area contributed by atoms with Gasteiger partial charge in [-0.3, -0.25) is 0 Å². The van der Waals surface area contributed by atoms with E-state index in [1.807, 2.05) is 0 Å². The van der Waals surface area contributed by atoms with Crippen molar-refractivity contribution in [3.8, 4) is 0 Å². The minimum Gasteiger partial charge on any atom is -0.462 e. The molecule has 6 unspecified atom stereocenters. The van der Waals surface area contributed by atoms with Gasteiger partial charge in [0.1, 0.15) is 0 Å². The molecule has 0 aliphatic heterocycles. The van der Waals surface area contributed by atoms with Crippen LogP contribution >= 0.6 is 0 Å². The van der Waals surface area contributed by atoms with E-state index in [4.69, 9.17) is 4.74 Å². The molecule has 1 saturated carbocycles. The van der Waals surface area contributed by atoms with Crippen LogP contribution in [0.1, 0.15) is 157 Å². The monoisotopic (exact) mass is 605 g/mol. The third-order valence-electron chi connectivity index (χ3n) is 11.5. The number of rotatable bonds is 19. The van der Waals surface area contributed by atoms with Crippen molar-refractivity contribution < 1.29 is 9.53 Å². The molecule has 0 spiro atoms. The quantitative estimate of drug-likeness (QED) is 0.0832. The van der Waals surface area contributed by atoms with Crippen LogP contribution in [-0.2, 0) is 9.53 Å². The summed E-state index contributed by atoms with van der Waals surface area (Å²) < 4.78 is 5.26. The molecule has 0 N–H and O–H groups in total. The van der Waals surface area contributed by atoms with Gasteiger partial charge < -0.3 is 4.74 Å². The summed E-state index contributed by atoms with van der Waals surface area (Å²) in [6.07, 6.45) is 33.3. The zero-order valence-corrected chi connectivity index (χ0v) is 29.7. The Morgan fingerprint density at radius 3 is 2.14 bits per heavy atom. The zero-order valence-electron chi connectivity index (χ0n) is 29.7. The van der Waals surface area contributed by atoms with Gasteiger partial charge in [0.2, 0.25) is 0 Å². The minimum atomic E-state index is -0.256. The smallest absolute Gasteiger partial charge is 0.333 e. The van der Waals surface area contributed by atoms with Crippen molar-refractivity contribution in [2.24, 2.45) is 35.5 Å². The van der Waals surface area contributed by atoms with E-state index in [1.54, 1.807) is 29.2 Å². The molecule has 3 aliphatic carbocycles. The molecule has 0 heterocycles. The number of unbranched alkanes of at least 4 members (excludes halogenated alkanes) is 2. The van der Waals surface area contributed by atoms with E-state index < -0.39 is 0 Å². The van der Waals surface area contributed by atoms with Gasteiger partial charge in [-0.25, -0.2) is 4.79 Å². The summed E-state index contributed by atoms with van der Waals surface area (Å²) in [5.74, 6) is 4.73. The predicted molar refractivity (Wildman–Crippen MR) is 191 cm³/mol.